The van der Waals surface area contributed by atoms with Gasteiger partial charge in [-0.1, -0.05) is 30.7 Å². The molecule has 0 radical (unpaired) electrons. The van der Waals surface area contributed by atoms with Gasteiger partial charge in [0.25, 0.3) is 0 Å². The summed E-state index contributed by atoms with van der Waals surface area (Å²) in [7, 11) is 0. The second kappa shape index (κ2) is 5.98. The van der Waals surface area contributed by atoms with Crippen LogP contribution in [0.1, 0.15) is 36.1 Å². The molecular weight excluding hydrogens is 282 g/mol. The van der Waals surface area contributed by atoms with Gasteiger partial charge in [-0.15, -0.1) is 0 Å². The van der Waals surface area contributed by atoms with Gasteiger partial charge in [-0.05, 0) is 54.3 Å². The fourth-order valence-electron chi connectivity index (χ4n) is 2.78. The van der Waals surface area contributed by atoms with Gasteiger partial charge in [-0.25, -0.2) is 0 Å². The maximum absolute atomic E-state index is 6.11. The average molecular weight is 302 g/mol. The molecule has 21 heavy (non-hydrogen) atoms. The van der Waals surface area contributed by atoms with E-state index < -0.39 is 0 Å². The van der Waals surface area contributed by atoms with Gasteiger partial charge in [0.2, 0.25) is 0 Å². The lowest BCUT2D eigenvalue weighted by molar-refractivity contribution is 0.357. The summed E-state index contributed by atoms with van der Waals surface area (Å²) in [5, 5.41) is 4.38. The largest absolute Gasteiger partial charge is 0.493 e. The maximum Gasteiger partial charge on any atom is 0.122 e. The monoisotopic (exact) mass is 301 g/mol. The number of anilines is 1. The molecule has 3 rings (SSSR count). The third-order valence-corrected chi connectivity index (χ3v) is 4.29. The first kappa shape index (κ1) is 14.3. The molecule has 3 heteroatoms. The van der Waals surface area contributed by atoms with Crippen molar-refractivity contribution >= 4 is 17.3 Å². The number of fused-ring (bicyclic) bond motifs is 1. The van der Waals surface area contributed by atoms with E-state index in [1.165, 1.54) is 16.7 Å². The molecule has 1 N–H and O–H groups in total. The summed E-state index contributed by atoms with van der Waals surface area (Å²) in [6.07, 6.45) is 2.03. The van der Waals surface area contributed by atoms with Crippen molar-refractivity contribution in [1.82, 2.24) is 0 Å². The zero-order chi connectivity index (χ0) is 14.8. The fourth-order valence-corrected chi connectivity index (χ4v) is 2.95. The zero-order valence-electron chi connectivity index (χ0n) is 12.4. The van der Waals surface area contributed by atoms with Gasteiger partial charge in [-0.2, -0.15) is 0 Å². The first-order valence-electron chi connectivity index (χ1n) is 7.45. The minimum Gasteiger partial charge on any atom is -0.493 e. The van der Waals surface area contributed by atoms with Crippen molar-refractivity contribution in [2.45, 2.75) is 32.7 Å². The number of rotatable bonds is 4. The van der Waals surface area contributed by atoms with Crippen LogP contribution in [-0.2, 0) is 6.42 Å². The Morgan fingerprint density at radius 3 is 2.90 bits per heavy atom. The Balaban J connectivity index is 1.86. The van der Waals surface area contributed by atoms with Crippen LogP contribution in [0.2, 0.25) is 5.02 Å². The predicted molar refractivity (Wildman–Crippen MR) is 88.5 cm³/mol. The Morgan fingerprint density at radius 1 is 1.24 bits per heavy atom. The number of aryl methyl sites for hydroxylation is 1. The van der Waals surface area contributed by atoms with Crippen LogP contribution in [-0.4, -0.2) is 6.61 Å². The van der Waals surface area contributed by atoms with Gasteiger partial charge in [-0.3, -0.25) is 0 Å². The van der Waals surface area contributed by atoms with Crippen molar-refractivity contribution in [3.05, 3.63) is 58.1 Å². The molecule has 2 aromatic carbocycles. The third-order valence-electron chi connectivity index (χ3n) is 4.05. The Labute approximate surface area is 131 Å². The van der Waals surface area contributed by atoms with E-state index in [4.69, 9.17) is 16.3 Å². The number of hydrogen-bond donors (Lipinski definition) is 1. The van der Waals surface area contributed by atoms with Gasteiger partial charge in [0.05, 0.1) is 12.6 Å². The molecule has 0 saturated heterocycles. The molecule has 1 aliphatic rings. The quantitative estimate of drug-likeness (QED) is 0.843. The summed E-state index contributed by atoms with van der Waals surface area (Å²) in [5.41, 5.74) is 4.94. The number of nitrogens with one attached hydrogen (secondary N) is 1. The van der Waals surface area contributed by atoms with Crippen molar-refractivity contribution in [1.29, 1.82) is 0 Å². The Bertz CT molecular complexity index is 654. The molecule has 110 valence electrons. The van der Waals surface area contributed by atoms with E-state index in [2.05, 4.69) is 37.4 Å². The SMILES string of the molecule is CCC(Nc1cc(Cl)ccc1C)c1ccc2c(c1)CCO2. The lowest BCUT2D eigenvalue weighted by atomic mass is 10.00. The Hall–Kier alpha value is -1.67. The van der Waals surface area contributed by atoms with Crippen LogP contribution in [0.4, 0.5) is 5.69 Å². The highest BCUT2D eigenvalue weighted by Gasteiger charge is 2.16. The molecule has 0 aliphatic carbocycles. The highest BCUT2D eigenvalue weighted by atomic mass is 35.5. The van der Waals surface area contributed by atoms with Crippen LogP contribution in [0.15, 0.2) is 36.4 Å². The van der Waals surface area contributed by atoms with E-state index in [1.807, 2.05) is 18.2 Å². The van der Waals surface area contributed by atoms with Gasteiger partial charge in [0.15, 0.2) is 0 Å². The van der Waals surface area contributed by atoms with Crippen LogP contribution in [0.25, 0.3) is 0 Å². The molecule has 2 aromatic rings. The van der Waals surface area contributed by atoms with Gasteiger partial charge in [0, 0.05) is 17.1 Å². The summed E-state index contributed by atoms with van der Waals surface area (Å²) in [6, 6.07) is 12.8. The van der Waals surface area contributed by atoms with E-state index >= 15 is 0 Å². The summed E-state index contributed by atoms with van der Waals surface area (Å²) < 4.78 is 5.58. The van der Waals surface area contributed by atoms with Crippen molar-refractivity contribution in [2.75, 3.05) is 11.9 Å². The van der Waals surface area contributed by atoms with E-state index in [0.717, 1.165) is 35.9 Å². The normalized spacial score (nSPS) is 14.4. The highest BCUT2D eigenvalue weighted by molar-refractivity contribution is 6.30. The van der Waals surface area contributed by atoms with Crippen LogP contribution < -0.4 is 10.1 Å². The van der Waals surface area contributed by atoms with Crippen LogP contribution in [0.3, 0.4) is 0 Å². The standard InChI is InChI=1S/C18H20ClNO/c1-3-16(20-17-11-15(19)6-4-12(17)2)13-5-7-18-14(10-13)8-9-21-18/h4-7,10-11,16,20H,3,8-9H2,1-2H3. The molecule has 0 saturated carbocycles. The summed E-state index contributed by atoms with van der Waals surface area (Å²) in [5.74, 6) is 1.03. The maximum atomic E-state index is 6.11. The van der Waals surface area contributed by atoms with Gasteiger partial charge < -0.3 is 10.1 Å². The minimum absolute atomic E-state index is 0.285. The van der Waals surface area contributed by atoms with Crippen molar-refractivity contribution < 1.29 is 4.74 Å². The first-order chi connectivity index (χ1) is 10.2. The number of ether oxygens (including phenoxy) is 1. The van der Waals surface area contributed by atoms with E-state index in [0.29, 0.717) is 0 Å². The lowest BCUT2D eigenvalue weighted by Crippen LogP contribution is -2.10. The average Bonchev–Trinajstić information content (AvgIpc) is 2.95. The van der Waals surface area contributed by atoms with Gasteiger partial charge >= 0.3 is 0 Å². The smallest absolute Gasteiger partial charge is 0.122 e. The molecule has 1 aliphatic heterocycles. The second-order valence-corrected chi connectivity index (χ2v) is 5.97. The Morgan fingerprint density at radius 2 is 2.10 bits per heavy atom. The van der Waals surface area contributed by atoms with E-state index in [-0.39, 0.29) is 6.04 Å². The molecule has 0 bridgehead atoms. The number of benzene rings is 2. The zero-order valence-corrected chi connectivity index (χ0v) is 13.2. The fraction of sp³-hybridized carbons (Fsp3) is 0.333. The number of halogens is 1. The summed E-state index contributed by atoms with van der Waals surface area (Å²) in [6.45, 7) is 5.10. The molecule has 0 fully saturated rings. The lowest BCUT2D eigenvalue weighted by Gasteiger charge is -2.21. The van der Waals surface area contributed by atoms with Crippen LogP contribution in [0.5, 0.6) is 5.75 Å². The molecular formula is C18H20ClNO. The minimum atomic E-state index is 0.285. The molecule has 0 spiro atoms. The molecule has 1 atom stereocenters. The summed E-state index contributed by atoms with van der Waals surface area (Å²) >= 11 is 6.11. The Kier molecular flexibility index (Phi) is 4.07. The van der Waals surface area contributed by atoms with Gasteiger partial charge in [0.1, 0.15) is 5.75 Å². The molecule has 2 nitrogen and oxygen atoms in total. The van der Waals surface area contributed by atoms with E-state index in [1.54, 1.807) is 0 Å². The topological polar surface area (TPSA) is 21.3 Å². The van der Waals surface area contributed by atoms with Crippen LogP contribution >= 0.6 is 11.6 Å². The van der Waals surface area contributed by atoms with Crippen molar-refractivity contribution in [2.24, 2.45) is 0 Å². The van der Waals surface area contributed by atoms with Crippen LogP contribution in [0, 0.1) is 6.92 Å². The predicted octanol–water partition coefficient (Wildman–Crippen LogP) is 5.15. The molecule has 1 heterocycles. The molecule has 0 amide bonds. The first-order valence-corrected chi connectivity index (χ1v) is 7.83. The van der Waals surface area contributed by atoms with Crippen molar-refractivity contribution in [3.8, 4) is 5.75 Å². The number of hydrogen-bond acceptors (Lipinski definition) is 2. The van der Waals surface area contributed by atoms with E-state index in [9.17, 15) is 0 Å². The third kappa shape index (κ3) is 3.01. The summed E-state index contributed by atoms with van der Waals surface area (Å²) in [4.78, 5) is 0. The second-order valence-electron chi connectivity index (χ2n) is 5.53. The molecule has 0 aromatic heterocycles. The molecule has 1 unspecified atom stereocenters. The highest BCUT2D eigenvalue weighted by Crippen LogP contribution is 2.32. The van der Waals surface area contributed by atoms with Crippen molar-refractivity contribution in [3.63, 3.8) is 0 Å².